The molecule has 1 heterocycles. The van der Waals surface area contributed by atoms with Gasteiger partial charge in [-0.3, -0.25) is 14.6 Å². The molecule has 2 rings (SSSR count). The quantitative estimate of drug-likeness (QED) is 0.643. The van der Waals surface area contributed by atoms with Gasteiger partial charge < -0.3 is 10.6 Å². The maximum Gasteiger partial charge on any atom is 0.233 e. The summed E-state index contributed by atoms with van der Waals surface area (Å²) in [4.78, 5) is 27.5. The molecular weight excluding hydrogens is 254 g/mol. The summed E-state index contributed by atoms with van der Waals surface area (Å²) < 4.78 is 0. The van der Waals surface area contributed by atoms with Crippen LogP contribution in [-0.2, 0) is 9.59 Å². The van der Waals surface area contributed by atoms with E-state index in [1.54, 1.807) is 18.3 Å². The predicted molar refractivity (Wildman–Crippen MR) is 78.2 cm³/mol. The number of aromatic nitrogens is 1. The van der Waals surface area contributed by atoms with Crippen LogP contribution >= 0.6 is 0 Å². The van der Waals surface area contributed by atoms with Gasteiger partial charge in [-0.1, -0.05) is 24.3 Å². The minimum absolute atomic E-state index is 0.225. The van der Waals surface area contributed by atoms with Gasteiger partial charge in [0.15, 0.2) is 0 Å². The highest BCUT2D eigenvalue weighted by atomic mass is 16.2. The molecule has 2 N–H and O–H groups in total. The van der Waals surface area contributed by atoms with Gasteiger partial charge in [0.05, 0.1) is 11.2 Å². The van der Waals surface area contributed by atoms with Gasteiger partial charge >= 0.3 is 0 Å². The highest BCUT2D eigenvalue weighted by Crippen LogP contribution is 2.20. The van der Waals surface area contributed by atoms with E-state index in [4.69, 9.17) is 0 Å². The summed E-state index contributed by atoms with van der Waals surface area (Å²) in [5.74, 6) is -0.708. The second-order valence-electron chi connectivity index (χ2n) is 4.20. The Labute approximate surface area is 116 Å². The van der Waals surface area contributed by atoms with Gasteiger partial charge in [0.25, 0.3) is 0 Å². The second kappa shape index (κ2) is 6.47. The zero-order valence-corrected chi connectivity index (χ0v) is 10.9. The van der Waals surface area contributed by atoms with E-state index in [1.165, 1.54) is 0 Å². The Kier molecular flexibility index (Phi) is 4.44. The molecule has 5 nitrogen and oxygen atoms in total. The molecule has 5 heteroatoms. The molecule has 0 fully saturated rings. The molecule has 102 valence electrons. The number of hydrogen-bond donors (Lipinski definition) is 2. The monoisotopic (exact) mass is 269 g/mol. The van der Waals surface area contributed by atoms with Crippen molar-refractivity contribution in [3.63, 3.8) is 0 Å². The third-order valence-corrected chi connectivity index (χ3v) is 2.67. The van der Waals surface area contributed by atoms with E-state index in [1.807, 2.05) is 24.3 Å². The number of amides is 2. The number of para-hydroxylation sites is 1. The van der Waals surface area contributed by atoms with Crippen molar-refractivity contribution in [3.8, 4) is 0 Å². The van der Waals surface area contributed by atoms with Crippen molar-refractivity contribution < 1.29 is 9.59 Å². The predicted octanol–water partition coefficient (Wildman–Crippen LogP) is 1.87. The standard InChI is InChI=1S/C15H15N3O2/c1-2-8-16-13(19)10-14(20)18-12-7-3-5-11-6-4-9-17-15(11)12/h2-7,9H,1,8,10H2,(H,16,19)(H,18,20). The summed E-state index contributed by atoms with van der Waals surface area (Å²) >= 11 is 0. The van der Waals surface area contributed by atoms with Crippen molar-refractivity contribution in [3.05, 3.63) is 49.2 Å². The number of pyridine rings is 1. The number of carbonyl (C=O) groups excluding carboxylic acids is 2. The Morgan fingerprint density at radius 1 is 1.20 bits per heavy atom. The topological polar surface area (TPSA) is 71.1 Å². The summed E-state index contributed by atoms with van der Waals surface area (Å²) in [6.07, 6.45) is 3.00. The van der Waals surface area contributed by atoms with Gasteiger partial charge in [-0.15, -0.1) is 6.58 Å². The first-order valence-electron chi connectivity index (χ1n) is 6.22. The number of hydrogen-bond acceptors (Lipinski definition) is 3. The zero-order chi connectivity index (χ0) is 14.4. The van der Waals surface area contributed by atoms with Crippen LogP contribution in [0.25, 0.3) is 10.9 Å². The molecule has 2 amide bonds. The Morgan fingerprint density at radius 3 is 2.80 bits per heavy atom. The minimum Gasteiger partial charge on any atom is -0.352 e. The average molecular weight is 269 g/mol. The first-order valence-corrected chi connectivity index (χ1v) is 6.22. The van der Waals surface area contributed by atoms with Crippen molar-refractivity contribution in [1.29, 1.82) is 0 Å². The zero-order valence-electron chi connectivity index (χ0n) is 10.9. The van der Waals surface area contributed by atoms with E-state index in [9.17, 15) is 9.59 Å². The van der Waals surface area contributed by atoms with Crippen LogP contribution in [-0.4, -0.2) is 23.3 Å². The fraction of sp³-hybridized carbons (Fsp3) is 0.133. The first kappa shape index (κ1) is 13.7. The molecule has 0 spiro atoms. The molecule has 2 aromatic rings. The van der Waals surface area contributed by atoms with Gasteiger partial charge in [0, 0.05) is 18.1 Å². The second-order valence-corrected chi connectivity index (χ2v) is 4.20. The summed E-state index contributed by atoms with van der Waals surface area (Å²) in [5, 5.41) is 6.19. The van der Waals surface area contributed by atoms with Crippen molar-refractivity contribution in [2.75, 3.05) is 11.9 Å². The lowest BCUT2D eigenvalue weighted by molar-refractivity contribution is -0.126. The fourth-order valence-corrected chi connectivity index (χ4v) is 1.79. The molecular formula is C15H15N3O2. The molecule has 0 aliphatic carbocycles. The van der Waals surface area contributed by atoms with Crippen LogP contribution in [0, 0.1) is 0 Å². The summed E-state index contributed by atoms with van der Waals surface area (Å²) in [7, 11) is 0. The smallest absolute Gasteiger partial charge is 0.233 e. The molecule has 0 atom stereocenters. The number of fused-ring (bicyclic) bond motifs is 1. The van der Waals surface area contributed by atoms with E-state index < -0.39 is 0 Å². The normalized spacial score (nSPS) is 10.0. The summed E-state index contributed by atoms with van der Waals surface area (Å²) in [5.41, 5.74) is 1.31. The molecule has 0 saturated carbocycles. The van der Waals surface area contributed by atoms with Gasteiger partial charge in [-0.05, 0) is 12.1 Å². The lowest BCUT2D eigenvalue weighted by atomic mass is 10.2. The number of carbonyl (C=O) groups is 2. The highest BCUT2D eigenvalue weighted by molar-refractivity contribution is 6.07. The SMILES string of the molecule is C=CCNC(=O)CC(=O)Nc1cccc2cccnc12. The number of benzene rings is 1. The summed E-state index contributed by atoms with van der Waals surface area (Å²) in [6, 6.07) is 9.24. The average Bonchev–Trinajstić information content (AvgIpc) is 2.45. The van der Waals surface area contributed by atoms with Crippen LogP contribution < -0.4 is 10.6 Å². The van der Waals surface area contributed by atoms with Gasteiger partial charge in [0.2, 0.25) is 11.8 Å². The molecule has 0 radical (unpaired) electrons. The minimum atomic E-state index is -0.371. The molecule has 20 heavy (non-hydrogen) atoms. The lowest BCUT2D eigenvalue weighted by Crippen LogP contribution is -2.28. The van der Waals surface area contributed by atoms with E-state index >= 15 is 0 Å². The van der Waals surface area contributed by atoms with E-state index in [0.717, 1.165) is 5.39 Å². The molecule has 0 aliphatic rings. The van der Waals surface area contributed by atoms with Crippen LogP contribution in [0.1, 0.15) is 6.42 Å². The van der Waals surface area contributed by atoms with Crippen molar-refractivity contribution in [2.45, 2.75) is 6.42 Å². The third kappa shape index (κ3) is 3.41. The molecule has 1 aromatic heterocycles. The molecule has 0 saturated heterocycles. The number of nitrogens with zero attached hydrogens (tertiary/aromatic N) is 1. The maximum absolute atomic E-state index is 11.8. The summed E-state index contributed by atoms with van der Waals surface area (Å²) in [6.45, 7) is 3.84. The van der Waals surface area contributed by atoms with Gasteiger partial charge in [-0.25, -0.2) is 0 Å². The van der Waals surface area contributed by atoms with Crippen LogP contribution in [0.5, 0.6) is 0 Å². The van der Waals surface area contributed by atoms with Crippen LogP contribution in [0.15, 0.2) is 49.2 Å². The van der Waals surface area contributed by atoms with E-state index in [2.05, 4.69) is 22.2 Å². The van der Waals surface area contributed by atoms with Crippen molar-refractivity contribution in [1.82, 2.24) is 10.3 Å². The Hall–Kier alpha value is -2.69. The van der Waals surface area contributed by atoms with E-state index in [-0.39, 0.29) is 18.2 Å². The van der Waals surface area contributed by atoms with Crippen molar-refractivity contribution in [2.24, 2.45) is 0 Å². The fourth-order valence-electron chi connectivity index (χ4n) is 1.79. The maximum atomic E-state index is 11.8. The highest BCUT2D eigenvalue weighted by Gasteiger charge is 2.10. The van der Waals surface area contributed by atoms with E-state index in [0.29, 0.717) is 17.7 Å². The Morgan fingerprint density at radius 2 is 2.00 bits per heavy atom. The third-order valence-electron chi connectivity index (χ3n) is 2.67. The van der Waals surface area contributed by atoms with Gasteiger partial charge in [-0.2, -0.15) is 0 Å². The largest absolute Gasteiger partial charge is 0.352 e. The number of nitrogens with one attached hydrogen (secondary N) is 2. The number of anilines is 1. The first-order chi connectivity index (χ1) is 9.70. The van der Waals surface area contributed by atoms with Crippen LogP contribution in [0.2, 0.25) is 0 Å². The number of rotatable bonds is 5. The Bertz CT molecular complexity index is 647. The molecule has 0 bridgehead atoms. The van der Waals surface area contributed by atoms with Crippen LogP contribution in [0.3, 0.4) is 0 Å². The molecule has 0 aliphatic heterocycles. The van der Waals surface area contributed by atoms with Gasteiger partial charge in [0.1, 0.15) is 6.42 Å². The van der Waals surface area contributed by atoms with Crippen LogP contribution in [0.4, 0.5) is 5.69 Å². The molecule has 1 aromatic carbocycles. The van der Waals surface area contributed by atoms with Crippen molar-refractivity contribution >= 4 is 28.4 Å². The Balaban J connectivity index is 2.06. The lowest BCUT2D eigenvalue weighted by Gasteiger charge is -2.07. The molecule has 0 unspecified atom stereocenters.